The van der Waals surface area contributed by atoms with Gasteiger partial charge in [0, 0.05) is 28.1 Å². The van der Waals surface area contributed by atoms with Gasteiger partial charge >= 0.3 is 0 Å². The number of nitrogens with zero attached hydrogens (tertiary/aromatic N) is 1. The zero-order chi connectivity index (χ0) is 17.6. The Bertz CT molecular complexity index is 954. The normalized spacial score (nSPS) is 13.2. The second kappa shape index (κ2) is 6.56. The third-order valence-corrected chi connectivity index (χ3v) is 5.92. The predicted molar refractivity (Wildman–Crippen MR) is 102 cm³/mol. The molecule has 0 unspecified atom stereocenters. The molecule has 0 amide bonds. The molecule has 1 N–H and O–H groups in total. The van der Waals surface area contributed by atoms with Crippen LogP contribution in [0.3, 0.4) is 0 Å². The molecule has 1 aliphatic rings. The molecular formula is C19H18ClFN2OS. The van der Waals surface area contributed by atoms with Crippen LogP contribution in [-0.2, 0) is 5.75 Å². The Morgan fingerprint density at radius 2 is 2.12 bits per heavy atom. The number of nitrogens with one attached hydrogen (secondary N) is 1. The average Bonchev–Trinajstić information content (AvgIpc) is 2.94. The third-order valence-electron chi connectivity index (χ3n) is 4.35. The molecule has 130 valence electrons. The van der Waals surface area contributed by atoms with Crippen LogP contribution in [0.5, 0.6) is 5.75 Å². The molecule has 0 saturated heterocycles. The van der Waals surface area contributed by atoms with Crippen LogP contribution in [0.15, 0.2) is 35.2 Å². The molecule has 3 nitrogen and oxygen atoms in total. The van der Waals surface area contributed by atoms with Crippen molar-refractivity contribution in [3.8, 4) is 17.0 Å². The van der Waals surface area contributed by atoms with Gasteiger partial charge in [-0.05, 0) is 50.0 Å². The Morgan fingerprint density at radius 1 is 1.28 bits per heavy atom. The Hall–Kier alpha value is -1.69. The van der Waals surface area contributed by atoms with Crippen LogP contribution in [0.1, 0.15) is 5.56 Å². The summed E-state index contributed by atoms with van der Waals surface area (Å²) >= 11 is 8.10. The number of ether oxygens (including phenoxy) is 1. The first-order valence-electron chi connectivity index (χ1n) is 8.08. The maximum Gasteiger partial charge on any atom is 0.129 e. The summed E-state index contributed by atoms with van der Waals surface area (Å²) in [6.07, 6.45) is 0. The number of thioether (sulfide) groups is 1. The van der Waals surface area contributed by atoms with E-state index in [0.29, 0.717) is 6.61 Å². The van der Waals surface area contributed by atoms with Crippen molar-refractivity contribution >= 4 is 34.3 Å². The maximum atomic E-state index is 13.7. The Morgan fingerprint density at radius 3 is 2.92 bits per heavy atom. The summed E-state index contributed by atoms with van der Waals surface area (Å²) in [5.74, 6) is 1.34. The minimum atomic E-state index is -0.223. The lowest BCUT2D eigenvalue weighted by Crippen LogP contribution is -2.19. The summed E-state index contributed by atoms with van der Waals surface area (Å²) in [4.78, 5) is 6.53. The summed E-state index contributed by atoms with van der Waals surface area (Å²) in [5, 5.41) is 1.64. The quantitative estimate of drug-likeness (QED) is 0.680. The Labute approximate surface area is 155 Å². The topological polar surface area (TPSA) is 28.3 Å². The van der Waals surface area contributed by atoms with Gasteiger partial charge in [-0.25, -0.2) is 4.39 Å². The molecule has 6 heteroatoms. The van der Waals surface area contributed by atoms with Crippen molar-refractivity contribution in [2.45, 2.75) is 10.6 Å². The van der Waals surface area contributed by atoms with Crippen molar-refractivity contribution in [2.75, 3.05) is 27.2 Å². The number of benzene rings is 2. The predicted octanol–water partition coefficient (Wildman–Crippen LogP) is 5.17. The van der Waals surface area contributed by atoms with Crippen molar-refractivity contribution in [1.29, 1.82) is 0 Å². The van der Waals surface area contributed by atoms with Crippen LogP contribution in [-0.4, -0.2) is 37.1 Å². The zero-order valence-electron chi connectivity index (χ0n) is 14.0. The van der Waals surface area contributed by atoms with E-state index < -0.39 is 0 Å². The van der Waals surface area contributed by atoms with E-state index >= 15 is 0 Å². The summed E-state index contributed by atoms with van der Waals surface area (Å²) < 4.78 is 19.7. The minimum Gasteiger partial charge on any atom is -0.492 e. The van der Waals surface area contributed by atoms with Gasteiger partial charge < -0.3 is 14.6 Å². The number of halogens is 2. The third kappa shape index (κ3) is 3.01. The lowest BCUT2D eigenvalue weighted by atomic mass is 10.0. The average molecular weight is 377 g/mol. The molecule has 1 aromatic heterocycles. The highest BCUT2D eigenvalue weighted by molar-refractivity contribution is 7.98. The molecule has 0 aliphatic carbocycles. The van der Waals surface area contributed by atoms with Crippen LogP contribution in [0.2, 0.25) is 5.02 Å². The molecule has 0 bridgehead atoms. The summed E-state index contributed by atoms with van der Waals surface area (Å²) in [6.45, 7) is 1.42. The highest BCUT2D eigenvalue weighted by atomic mass is 35.5. The smallest absolute Gasteiger partial charge is 0.129 e. The van der Waals surface area contributed by atoms with Gasteiger partial charge in [-0.1, -0.05) is 11.6 Å². The van der Waals surface area contributed by atoms with Gasteiger partial charge in [0.2, 0.25) is 0 Å². The van der Waals surface area contributed by atoms with Gasteiger partial charge in [0.15, 0.2) is 0 Å². The molecule has 1 aliphatic heterocycles. The fourth-order valence-corrected chi connectivity index (χ4v) is 4.57. The Kier molecular flexibility index (Phi) is 4.40. The van der Waals surface area contributed by atoms with Crippen molar-refractivity contribution in [1.82, 2.24) is 9.88 Å². The molecule has 2 aromatic carbocycles. The first-order valence-corrected chi connectivity index (χ1v) is 9.44. The highest BCUT2D eigenvalue weighted by Gasteiger charge is 2.26. The van der Waals surface area contributed by atoms with Crippen molar-refractivity contribution in [2.24, 2.45) is 0 Å². The molecule has 0 atom stereocenters. The Balaban J connectivity index is 1.84. The molecule has 3 aromatic rings. The molecule has 25 heavy (non-hydrogen) atoms. The van der Waals surface area contributed by atoms with Crippen LogP contribution in [0, 0.1) is 5.82 Å². The van der Waals surface area contributed by atoms with E-state index in [0.717, 1.165) is 55.7 Å². The maximum absolute atomic E-state index is 13.7. The number of hydrogen-bond donors (Lipinski definition) is 1. The van der Waals surface area contributed by atoms with Crippen LogP contribution < -0.4 is 4.74 Å². The number of aromatic amines is 1. The second-order valence-electron chi connectivity index (χ2n) is 6.36. The van der Waals surface area contributed by atoms with E-state index in [2.05, 4.69) is 9.88 Å². The fraction of sp³-hybridized carbons (Fsp3) is 0.263. The number of likely N-dealkylation sites (N-methyl/N-ethyl adjacent to an activating group) is 1. The fourth-order valence-electron chi connectivity index (χ4n) is 3.10. The standard InChI is InChI=1S/C19H18ClFN2OS/c1-23(2)7-8-24-16-6-4-14(20)19-17(16)18-13(10-25-19)12-9-11(21)3-5-15(12)22-18/h3-6,9,22H,7-8,10H2,1-2H3. The van der Waals surface area contributed by atoms with E-state index in [1.54, 1.807) is 23.9 Å². The van der Waals surface area contributed by atoms with E-state index in [1.807, 2.05) is 26.2 Å². The summed E-state index contributed by atoms with van der Waals surface area (Å²) in [7, 11) is 4.03. The summed E-state index contributed by atoms with van der Waals surface area (Å²) in [5.41, 5.74) is 4.00. The van der Waals surface area contributed by atoms with Crippen LogP contribution in [0.4, 0.5) is 4.39 Å². The molecule has 0 spiro atoms. The van der Waals surface area contributed by atoms with E-state index in [4.69, 9.17) is 16.3 Å². The van der Waals surface area contributed by atoms with Gasteiger partial charge in [0.1, 0.15) is 18.2 Å². The number of rotatable bonds is 4. The first-order chi connectivity index (χ1) is 12.0. The number of fused-ring (bicyclic) bond motifs is 5. The van der Waals surface area contributed by atoms with Gasteiger partial charge in [-0.3, -0.25) is 0 Å². The largest absolute Gasteiger partial charge is 0.492 e. The molecule has 0 radical (unpaired) electrons. The SMILES string of the molecule is CN(C)CCOc1ccc(Cl)c2c1-c1[nH]c3ccc(F)cc3c1CS2. The van der Waals surface area contributed by atoms with Gasteiger partial charge in [-0.15, -0.1) is 11.8 Å². The number of hydrogen-bond acceptors (Lipinski definition) is 3. The van der Waals surface area contributed by atoms with Crippen LogP contribution in [0.25, 0.3) is 22.2 Å². The van der Waals surface area contributed by atoms with E-state index in [9.17, 15) is 4.39 Å². The lowest BCUT2D eigenvalue weighted by molar-refractivity contribution is 0.262. The molecule has 0 saturated carbocycles. The monoisotopic (exact) mass is 376 g/mol. The van der Waals surface area contributed by atoms with Gasteiger partial charge in [-0.2, -0.15) is 0 Å². The molecular weight excluding hydrogens is 359 g/mol. The number of H-pyrrole nitrogens is 1. The minimum absolute atomic E-state index is 0.223. The van der Waals surface area contributed by atoms with E-state index in [1.165, 1.54) is 6.07 Å². The first kappa shape index (κ1) is 16.8. The molecule has 4 rings (SSSR count). The molecule has 2 heterocycles. The van der Waals surface area contributed by atoms with Crippen molar-refractivity contribution in [3.63, 3.8) is 0 Å². The van der Waals surface area contributed by atoms with Crippen molar-refractivity contribution < 1.29 is 9.13 Å². The van der Waals surface area contributed by atoms with E-state index in [-0.39, 0.29) is 5.82 Å². The van der Waals surface area contributed by atoms with Gasteiger partial charge in [0.25, 0.3) is 0 Å². The molecule has 0 fully saturated rings. The second-order valence-corrected chi connectivity index (χ2v) is 7.75. The van der Waals surface area contributed by atoms with Crippen molar-refractivity contribution in [3.05, 3.63) is 46.7 Å². The summed E-state index contributed by atoms with van der Waals surface area (Å²) in [6, 6.07) is 8.65. The highest BCUT2D eigenvalue weighted by Crippen LogP contribution is 2.50. The van der Waals surface area contributed by atoms with Gasteiger partial charge in [0.05, 0.1) is 16.3 Å². The van der Waals surface area contributed by atoms with Crippen LogP contribution >= 0.6 is 23.4 Å². The number of aromatic nitrogens is 1. The zero-order valence-corrected chi connectivity index (χ0v) is 15.6. The lowest BCUT2D eigenvalue weighted by Gasteiger charge is -2.21.